The molecule has 0 aliphatic rings. The molecule has 5 heteroatoms. The van der Waals surface area contributed by atoms with Gasteiger partial charge in [-0.05, 0) is 31.4 Å². The number of halogens is 2. The predicted molar refractivity (Wildman–Crippen MR) is 127 cm³/mol. The Bertz CT molecular complexity index is 594. The molecule has 1 aromatic carbocycles. The summed E-state index contributed by atoms with van der Waals surface area (Å²) in [6.07, 6.45) is 13.2. The molecule has 0 radical (unpaired) electrons. The molecule has 0 aromatic heterocycles. The number of aryl methyl sites for hydroxylation is 1. The number of para-hydroxylation sites is 1. The second kappa shape index (κ2) is 15.0. The van der Waals surface area contributed by atoms with Gasteiger partial charge in [-0.25, -0.2) is 4.79 Å². The predicted octanol–water partition coefficient (Wildman–Crippen LogP) is 8.02. The van der Waals surface area contributed by atoms with E-state index in [-0.39, 0.29) is 22.4 Å². The lowest BCUT2D eigenvalue weighted by Crippen LogP contribution is -2.38. The van der Waals surface area contributed by atoms with Crippen LogP contribution in [0.2, 0.25) is 0 Å². The lowest BCUT2D eigenvalue weighted by Gasteiger charge is -2.29. The van der Waals surface area contributed by atoms with Gasteiger partial charge in [0.15, 0.2) is 0 Å². The van der Waals surface area contributed by atoms with E-state index in [2.05, 4.69) is 12.2 Å². The molecule has 0 aliphatic heterocycles. The van der Waals surface area contributed by atoms with Crippen LogP contribution in [0.15, 0.2) is 18.2 Å². The summed E-state index contributed by atoms with van der Waals surface area (Å²) in [5.74, 6) is -0.942. The molecule has 3 atom stereocenters. The number of hydrogen-bond acceptors (Lipinski definition) is 2. The maximum Gasteiger partial charge on any atom is 0.337 e. The summed E-state index contributed by atoms with van der Waals surface area (Å²) in [5.41, 5.74) is 1.78. The first-order chi connectivity index (χ1) is 13.9. The summed E-state index contributed by atoms with van der Waals surface area (Å²) in [7, 11) is 0. The number of rotatable bonds is 16. The Labute approximate surface area is 187 Å². The van der Waals surface area contributed by atoms with E-state index in [0.29, 0.717) is 5.69 Å². The van der Waals surface area contributed by atoms with Crippen LogP contribution in [-0.2, 0) is 0 Å². The average Bonchev–Trinajstić information content (AvgIpc) is 2.70. The molecule has 0 bridgehead atoms. The molecule has 0 heterocycles. The maximum atomic E-state index is 11.6. The van der Waals surface area contributed by atoms with E-state index < -0.39 is 5.97 Å². The van der Waals surface area contributed by atoms with E-state index in [1.54, 1.807) is 12.1 Å². The van der Waals surface area contributed by atoms with Crippen LogP contribution in [0.25, 0.3) is 0 Å². The zero-order chi connectivity index (χ0) is 21.6. The van der Waals surface area contributed by atoms with Crippen molar-refractivity contribution >= 4 is 34.9 Å². The second-order valence-electron chi connectivity index (χ2n) is 8.03. The average molecular weight is 444 g/mol. The Morgan fingerprint density at radius 1 is 0.966 bits per heavy atom. The number of carbonyl (C=O) groups is 1. The van der Waals surface area contributed by atoms with Crippen LogP contribution in [0.4, 0.5) is 5.69 Å². The van der Waals surface area contributed by atoms with Gasteiger partial charge in [-0.3, -0.25) is 0 Å². The molecule has 0 saturated heterocycles. The number of nitrogens with one attached hydrogen (secondary N) is 1. The van der Waals surface area contributed by atoms with Gasteiger partial charge in [-0.2, -0.15) is 0 Å². The van der Waals surface area contributed by atoms with E-state index >= 15 is 0 Å². The summed E-state index contributed by atoms with van der Waals surface area (Å²) in [6, 6.07) is 5.12. The van der Waals surface area contributed by atoms with E-state index in [0.717, 1.165) is 24.8 Å². The third-order valence-electron chi connectivity index (χ3n) is 5.57. The highest BCUT2D eigenvalue weighted by Gasteiger charge is 2.27. The molecule has 0 saturated carbocycles. The number of aromatic carboxylic acids is 1. The molecule has 1 rings (SSSR count). The minimum atomic E-state index is -0.942. The standard InChI is InChI=1S/C24H39Cl2NO2/c1-4-6-7-8-9-10-11-12-13-17-21(26)23(20(25)5-2)27-22-18(3)15-14-16-19(22)24(28)29/h14-16,20-21,23,27H,4-13,17H2,1-3H3,(H,28,29). The molecule has 29 heavy (non-hydrogen) atoms. The molecule has 3 unspecified atom stereocenters. The quantitative estimate of drug-likeness (QED) is 0.200. The van der Waals surface area contributed by atoms with Gasteiger partial charge in [0.1, 0.15) is 0 Å². The third-order valence-corrected chi connectivity index (χ3v) is 6.64. The van der Waals surface area contributed by atoms with Gasteiger partial charge in [0.05, 0.1) is 28.0 Å². The van der Waals surface area contributed by atoms with Crippen LogP contribution in [-0.4, -0.2) is 27.9 Å². The molecule has 166 valence electrons. The summed E-state index contributed by atoms with van der Waals surface area (Å²) in [5, 5.41) is 12.6. The molecular weight excluding hydrogens is 405 g/mol. The minimum Gasteiger partial charge on any atom is -0.478 e. The Kier molecular flexibility index (Phi) is 13.5. The van der Waals surface area contributed by atoms with Crippen LogP contribution in [0.3, 0.4) is 0 Å². The fourth-order valence-electron chi connectivity index (χ4n) is 3.70. The molecular formula is C24H39Cl2NO2. The second-order valence-corrected chi connectivity index (χ2v) is 9.15. The Morgan fingerprint density at radius 3 is 2.10 bits per heavy atom. The monoisotopic (exact) mass is 443 g/mol. The summed E-state index contributed by atoms with van der Waals surface area (Å²) in [4.78, 5) is 11.6. The van der Waals surface area contributed by atoms with E-state index in [9.17, 15) is 9.90 Å². The normalized spacial score (nSPS) is 14.4. The zero-order valence-corrected chi connectivity index (χ0v) is 19.9. The van der Waals surface area contributed by atoms with Gasteiger partial charge in [0.2, 0.25) is 0 Å². The maximum absolute atomic E-state index is 11.6. The van der Waals surface area contributed by atoms with Crippen LogP contribution < -0.4 is 5.32 Å². The van der Waals surface area contributed by atoms with Gasteiger partial charge in [-0.15, -0.1) is 23.2 Å². The van der Waals surface area contributed by atoms with Gasteiger partial charge >= 0.3 is 5.97 Å². The molecule has 0 amide bonds. The Hall–Kier alpha value is -0.930. The van der Waals surface area contributed by atoms with E-state index in [1.807, 2.05) is 19.9 Å². The first kappa shape index (κ1) is 26.1. The molecule has 0 fully saturated rings. The number of alkyl halides is 2. The largest absolute Gasteiger partial charge is 0.478 e. The van der Waals surface area contributed by atoms with Crippen molar-refractivity contribution in [3.63, 3.8) is 0 Å². The highest BCUT2D eigenvalue weighted by atomic mass is 35.5. The van der Waals surface area contributed by atoms with Crippen LogP contribution in [0.5, 0.6) is 0 Å². The highest BCUT2D eigenvalue weighted by Crippen LogP contribution is 2.28. The lowest BCUT2D eigenvalue weighted by atomic mass is 9.99. The van der Waals surface area contributed by atoms with E-state index in [4.69, 9.17) is 23.2 Å². The Balaban J connectivity index is 2.56. The Morgan fingerprint density at radius 2 is 1.55 bits per heavy atom. The van der Waals surface area contributed by atoms with Gasteiger partial charge in [-0.1, -0.05) is 83.8 Å². The van der Waals surface area contributed by atoms with Gasteiger partial charge in [0.25, 0.3) is 0 Å². The lowest BCUT2D eigenvalue weighted by molar-refractivity contribution is 0.0697. The fraction of sp³-hybridized carbons (Fsp3) is 0.708. The van der Waals surface area contributed by atoms with Crippen LogP contribution in [0.1, 0.15) is 100 Å². The third kappa shape index (κ3) is 9.61. The summed E-state index contributed by atoms with van der Waals surface area (Å²) in [6.45, 7) is 6.19. The molecule has 1 aromatic rings. The van der Waals surface area contributed by atoms with Crippen molar-refractivity contribution in [3.8, 4) is 0 Å². The van der Waals surface area contributed by atoms with Crippen molar-refractivity contribution in [3.05, 3.63) is 29.3 Å². The van der Waals surface area contributed by atoms with Gasteiger partial charge in [0, 0.05) is 0 Å². The van der Waals surface area contributed by atoms with Gasteiger partial charge < -0.3 is 10.4 Å². The van der Waals surface area contributed by atoms with Crippen molar-refractivity contribution in [2.24, 2.45) is 0 Å². The van der Waals surface area contributed by atoms with Crippen molar-refractivity contribution in [2.45, 2.75) is 108 Å². The van der Waals surface area contributed by atoms with Crippen LogP contribution in [0, 0.1) is 6.92 Å². The highest BCUT2D eigenvalue weighted by molar-refractivity contribution is 6.24. The number of carboxylic acid groups (broad SMARTS) is 1. The fourth-order valence-corrected chi connectivity index (χ4v) is 4.40. The molecule has 0 spiro atoms. The molecule has 2 N–H and O–H groups in total. The van der Waals surface area contributed by atoms with Crippen LogP contribution >= 0.6 is 23.2 Å². The van der Waals surface area contributed by atoms with Crippen molar-refractivity contribution in [1.82, 2.24) is 0 Å². The first-order valence-corrected chi connectivity index (χ1v) is 12.2. The van der Waals surface area contributed by atoms with Crippen molar-refractivity contribution in [2.75, 3.05) is 5.32 Å². The molecule has 0 aliphatic carbocycles. The SMILES string of the molecule is CCCCCCCCCCCC(Cl)C(Nc1c(C)cccc1C(=O)O)C(Cl)CC. The first-order valence-electron chi connectivity index (χ1n) is 11.3. The van der Waals surface area contributed by atoms with Crippen molar-refractivity contribution in [1.29, 1.82) is 0 Å². The number of hydrogen-bond donors (Lipinski definition) is 2. The zero-order valence-electron chi connectivity index (χ0n) is 18.4. The number of anilines is 1. The summed E-state index contributed by atoms with van der Waals surface area (Å²) >= 11 is 13.3. The topological polar surface area (TPSA) is 49.3 Å². The number of carboxylic acids is 1. The number of benzene rings is 1. The van der Waals surface area contributed by atoms with Crippen molar-refractivity contribution < 1.29 is 9.90 Å². The number of unbranched alkanes of at least 4 members (excludes halogenated alkanes) is 8. The molecule has 3 nitrogen and oxygen atoms in total. The smallest absolute Gasteiger partial charge is 0.337 e. The minimum absolute atomic E-state index is 0.136. The summed E-state index contributed by atoms with van der Waals surface area (Å²) < 4.78 is 0. The van der Waals surface area contributed by atoms with E-state index in [1.165, 1.54) is 51.4 Å².